The van der Waals surface area contributed by atoms with Gasteiger partial charge < -0.3 is 19.7 Å². The minimum atomic E-state index is -0.0390. The summed E-state index contributed by atoms with van der Waals surface area (Å²) >= 11 is 1.55. The Morgan fingerprint density at radius 2 is 2.14 bits per heavy atom. The fourth-order valence-electron chi connectivity index (χ4n) is 3.39. The third kappa shape index (κ3) is 6.30. The Labute approximate surface area is 188 Å². The Hall–Kier alpha value is -1.38. The lowest BCUT2D eigenvalue weighted by atomic mass is 10.0. The molecule has 0 aliphatic carbocycles. The number of nitrogens with one attached hydrogen (secondary N) is 1. The number of aromatic nitrogens is 1. The second-order valence-corrected chi connectivity index (χ2v) is 7.39. The van der Waals surface area contributed by atoms with Gasteiger partial charge in [-0.3, -0.25) is 4.79 Å². The van der Waals surface area contributed by atoms with Crippen molar-refractivity contribution in [3.63, 3.8) is 0 Å². The van der Waals surface area contributed by atoms with E-state index in [4.69, 9.17) is 9.47 Å². The van der Waals surface area contributed by atoms with Gasteiger partial charge >= 0.3 is 0 Å². The van der Waals surface area contributed by atoms with Crippen molar-refractivity contribution in [1.29, 1.82) is 0 Å². The molecule has 2 heterocycles. The second-order valence-electron chi connectivity index (χ2n) is 6.50. The van der Waals surface area contributed by atoms with Crippen molar-refractivity contribution >= 4 is 42.1 Å². The van der Waals surface area contributed by atoms with Gasteiger partial charge in [0.25, 0.3) is 0 Å². The minimum absolute atomic E-state index is 0. The highest BCUT2D eigenvalue weighted by atomic mass is 35.5. The Balaban J connectivity index is 0.00000210. The summed E-state index contributed by atoms with van der Waals surface area (Å²) in [5, 5.41) is 6.27. The third-order valence-corrected chi connectivity index (χ3v) is 5.78. The van der Waals surface area contributed by atoms with Crippen LogP contribution in [0.2, 0.25) is 0 Å². The zero-order valence-electron chi connectivity index (χ0n) is 16.9. The third-order valence-electron chi connectivity index (χ3n) is 4.73. The second kappa shape index (κ2) is 12.3. The molecule has 0 saturated carbocycles. The molecule has 0 spiro atoms. The van der Waals surface area contributed by atoms with Gasteiger partial charge in [-0.2, -0.15) is 0 Å². The van der Waals surface area contributed by atoms with E-state index in [1.165, 1.54) is 0 Å². The average Bonchev–Trinajstić information content (AvgIpc) is 3.16. The maximum absolute atomic E-state index is 13.0. The molecule has 1 fully saturated rings. The Morgan fingerprint density at radius 1 is 1.38 bits per heavy atom. The first-order chi connectivity index (χ1) is 13.1. The van der Waals surface area contributed by atoms with Crippen LogP contribution in [0.15, 0.2) is 29.6 Å². The van der Waals surface area contributed by atoms with Gasteiger partial charge in [-0.1, -0.05) is 18.2 Å². The highest BCUT2D eigenvalue weighted by molar-refractivity contribution is 7.09. The summed E-state index contributed by atoms with van der Waals surface area (Å²) in [4.78, 5) is 19.6. The van der Waals surface area contributed by atoms with E-state index in [2.05, 4.69) is 10.3 Å². The smallest absolute Gasteiger partial charge is 0.229 e. The summed E-state index contributed by atoms with van der Waals surface area (Å²) in [6, 6.07) is 7.86. The van der Waals surface area contributed by atoms with Crippen LogP contribution in [0.25, 0.3) is 0 Å². The summed E-state index contributed by atoms with van der Waals surface area (Å²) in [5.74, 6) is 0.902. The zero-order chi connectivity index (χ0) is 19.2. The number of hydrogen-bond acceptors (Lipinski definition) is 6. The fraction of sp³-hybridized carbons (Fsp3) is 0.500. The molecule has 1 saturated heterocycles. The molecule has 2 atom stereocenters. The molecule has 0 bridgehead atoms. The molecule has 0 radical (unpaired) electrons. The molecule has 162 valence electrons. The molecule has 6 nitrogen and oxygen atoms in total. The van der Waals surface area contributed by atoms with E-state index in [0.29, 0.717) is 19.6 Å². The first-order valence-electron chi connectivity index (χ1n) is 9.33. The first-order valence-corrected chi connectivity index (χ1v) is 10.2. The molecule has 1 N–H and O–H groups in total. The van der Waals surface area contributed by atoms with E-state index >= 15 is 0 Å². The normalized spacial score (nSPS) is 17.1. The molecule has 29 heavy (non-hydrogen) atoms. The predicted octanol–water partition coefficient (Wildman–Crippen LogP) is 3.81. The number of para-hydroxylation sites is 1. The van der Waals surface area contributed by atoms with Crippen LogP contribution in [0.4, 0.5) is 0 Å². The van der Waals surface area contributed by atoms with E-state index in [0.717, 1.165) is 35.1 Å². The van der Waals surface area contributed by atoms with E-state index in [1.54, 1.807) is 18.4 Å². The van der Waals surface area contributed by atoms with Crippen molar-refractivity contribution in [2.45, 2.75) is 32.4 Å². The van der Waals surface area contributed by atoms with Crippen molar-refractivity contribution in [2.24, 2.45) is 0 Å². The van der Waals surface area contributed by atoms with Crippen LogP contribution in [-0.4, -0.2) is 49.1 Å². The summed E-state index contributed by atoms with van der Waals surface area (Å²) in [7, 11) is 1.66. The molecule has 2 aromatic rings. The lowest BCUT2D eigenvalue weighted by Gasteiger charge is -2.37. The molecule has 1 aliphatic rings. The Morgan fingerprint density at radius 3 is 2.86 bits per heavy atom. The molecule has 3 rings (SSSR count). The van der Waals surface area contributed by atoms with Gasteiger partial charge in [0.05, 0.1) is 25.3 Å². The first kappa shape index (κ1) is 25.7. The Bertz CT molecular complexity index is 775. The number of ether oxygens (including phenoxy) is 2. The van der Waals surface area contributed by atoms with Gasteiger partial charge in [0.1, 0.15) is 16.9 Å². The molecule has 1 aliphatic heterocycles. The van der Waals surface area contributed by atoms with Gasteiger partial charge in [0.15, 0.2) is 0 Å². The average molecular weight is 462 g/mol. The van der Waals surface area contributed by atoms with Crippen LogP contribution >= 0.6 is 36.2 Å². The van der Waals surface area contributed by atoms with Crippen molar-refractivity contribution in [2.75, 3.05) is 33.4 Å². The van der Waals surface area contributed by atoms with Crippen LogP contribution in [0, 0.1) is 0 Å². The van der Waals surface area contributed by atoms with Crippen molar-refractivity contribution in [3.05, 3.63) is 45.9 Å². The van der Waals surface area contributed by atoms with Crippen molar-refractivity contribution in [3.8, 4) is 5.75 Å². The highest BCUT2D eigenvalue weighted by Gasteiger charge is 2.30. The quantitative estimate of drug-likeness (QED) is 0.678. The number of piperazine rings is 1. The van der Waals surface area contributed by atoms with E-state index in [9.17, 15) is 4.79 Å². The van der Waals surface area contributed by atoms with Crippen LogP contribution in [-0.2, 0) is 16.0 Å². The van der Waals surface area contributed by atoms with Crippen molar-refractivity contribution in [1.82, 2.24) is 15.2 Å². The summed E-state index contributed by atoms with van der Waals surface area (Å²) in [6.07, 6.45) is 0.269. The Kier molecular flexibility index (Phi) is 10.9. The molecular formula is C20H29Cl2N3O3S. The van der Waals surface area contributed by atoms with Crippen LogP contribution in [0.5, 0.6) is 5.75 Å². The summed E-state index contributed by atoms with van der Waals surface area (Å²) < 4.78 is 11.1. The predicted molar refractivity (Wildman–Crippen MR) is 121 cm³/mol. The minimum Gasteiger partial charge on any atom is -0.496 e. The number of carbonyl (C=O) groups excluding carboxylic acids is 1. The topological polar surface area (TPSA) is 63.7 Å². The number of amides is 1. The zero-order valence-corrected chi connectivity index (χ0v) is 19.4. The van der Waals surface area contributed by atoms with Crippen LogP contribution in [0.1, 0.15) is 42.3 Å². The lowest BCUT2D eigenvalue weighted by Crippen LogP contribution is -2.49. The molecule has 1 amide bonds. The highest BCUT2D eigenvalue weighted by Crippen LogP contribution is 2.31. The van der Waals surface area contributed by atoms with Gasteiger partial charge in [-0.15, -0.1) is 36.2 Å². The van der Waals surface area contributed by atoms with Gasteiger partial charge in [0, 0.05) is 37.2 Å². The van der Waals surface area contributed by atoms with E-state index in [1.807, 2.05) is 48.4 Å². The standard InChI is InChI=1S/C20H27N3O3S.2ClH/c1-4-26-14(2)20-22-15(13-27-20)11-19(24)23-10-9-21-12-17(23)16-7-5-6-8-18(16)25-3;;/h5-8,13-14,17,21H,4,9-12H2,1-3H3;2*1H. The summed E-state index contributed by atoms with van der Waals surface area (Å²) in [5.41, 5.74) is 1.84. The molecule has 2 unspecified atom stereocenters. The van der Waals surface area contributed by atoms with Gasteiger partial charge in [-0.05, 0) is 19.9 Å². The maximum atomic E-state index is 13.0. The number of methoxy groups -OCH3 is 1. The number of nitrogens with zero attached hydrogens (tertiary/aromatic N) is 2. The SMILES string of the molecule is CCOC(C)c1nc(CC(=O)N2CCNCC2c2ccccc2OC)cs1.Cl.Cl. The van der Waals surface area contributed by atoms with Gasteiger partial charge in [-0.25, -0.2) is 4.98 Å². The maximum Gasteiger partial charge on any atom is 0.229 e. The fourth-order valence-corrected chi connectivity index (χ4v) is 4.21. The number of halogens is 2. The monoisotopic (exact) mass is 461 g/mol. The number of hydrogen-bond donors (Lipinski definition) is 1. The van der Waals surface area contributed by atoms with Crippen LogP contribution in [0.3, 0.4) is 0 Å². The number of thiazole rings is 1. The van der Waals surface area contributed by atoms with Gasteiger partial charge in [0.2, 0.25) is 5.91 Å². The summed E-state index contributed by atoms with van der Waals surface area (Å²) in [6.45, 7) is 6.79. The number of rotatable bonds is 7. The molecule has 1 aromatic carbocycles. The van der Waals surface area contributed by atoms with E-state index < -0.39 is 0 Å². The number of carbonyl (C=O) groups is 1. The molecule has 9 heteroatoms. The van der Waals surface area contributed by atoms with Crippen LogP contribution < -0.4 is 10.1 Å². The number of benzene rings is 1. The largest absolute Gasteiger partial charge is 0.496 e. The van der Waals surface area contributed by atoms with E-state index in [-0.39, 0.29) is 42.9 Å². The molecule has 1 aromatic heterocycles. The molecular weight excluding hydrogens is 433 g/mol. The lowest BCUT2D eigenvalue weighted by molar-refractivity contribution is -0.133. The van der Waals surface area contributed by atoms with Crippen molar-refractivity contribution < 1.29 is 14.3 Å².